The van der Waals surface area contributed by atoms with Crippen LogP contribution < -0.4 is 5.73 Å². The zero-order valence-corrected chi connectivity index (χ0v) is 16.2. The van der Waals surface area contributed by atoms with Crippen molar-refractivity contribution in [2.24, 2.45) is 5.73 Å². The summed E-state index contributed by atoms with van der Waals surface area (Å²) in [6.45, 7) is 8.02. The van der Waals surface area contributed by atoms with Crippen LogP contribution in [0.25, 0.3) is 6.08 Å². The van der Waals surface area contributed by atoms with E-state index in [1.165, 1.54) is 13.2 Å². The quantitative estimate of drug-likeness (QED) is 0.419. The van der Waals surface area contributed by atoms with Gasteiger partial charge in [0.25, 0.3) is 0 Å². The van der Waals surface area contributed by atoms with E-state index < -0.39 is 11.9 Å². The molecule has 0 spiro atoms. The zero-order chi connectivity index (χ0) is 21.8. The van der Waals surface area contributed by atoms with Gasteiger partial charge in [-0.1, -0.05) is 61.7 Å². The average Bonchev–Trinajstić information content (AvgIpc) is 2.70. The molecule has 0 saturated carbocycles. The number of rotatable bonds is 7. The predicted octanol–water partition coefficient (Wildman–Crippen LogP) is 2.18. The smallest absolute Gasteiger partial charge is 0.332 e. The van der Waals surface area contributed by atoms with Crippen LogP contribution in [-0.4, -0.2) is 43.3 Å². The lowest BCUT2D eigenvalue weighted by Crippen LogP contribution is -2.04. The molecule has 0 radical (unpaired) electrons. The summed E-state index contributed by atoms with van der Waals surface area (Å²) in [4.78, 5) is 30.6. The Kier molecular flexibility index (Phi) is 17.5. The number of primary amides is 1. The molecule has 0 saturated heterocycles. The zero-order valence-electron chi connectivity index (χ0n) is 16.2. The highest BCUT2D eigenvalue weighted by atomic mass is 16.5. The van der Waals surface area contributed by atoms with Crippen molar-refractivity contribution in [3.05, 3.63) is 78.9 Å². The fourth-order valence-corrected chi connectivity index (χ4v) is 1.26. The first-order valence-electron chi connectivity index (χ1n) is 8.11. The number of esters is 2. The lowest BCUT2D eigenvalue weighted by Gasteiger charge is -1.94. The molecule has 0 aliphatic heterocycles. The van der Waals surface area contributed by atoms with E-state index in [1.807, 2.05) is 36.4 Å². The van der Waals surface area contributed by atoms with Gasteiger partial charge in [0.15, 0.2) is 0 Å². The highest BCUT2D eigenvalue weighted by Gasteiger charge is 1.95. The number of carbonyl (C=O) groups is 3. The minimum absolute atomic E-state index is 0.0465. The van der Waals surface area contributed by atoms with Crippen LogP contribution in [0.4, 0.5) is 0 Å². The summed E-state index contributed by atoms with van der Waals surface area (Å²) in [5.74, 6) is -1.28. The first-order valence-corrected chi connectivity index (χ1v) is 8.11. The van der Waals surface area contributed by atoms with Crippen LogP contribution in [0.2, 0.25) is 0 Å². The molecule has 0 aliphatic rings. The SMILES string of the molecule is C=C(C)C(=O)OC.C=CC(=O)OCCO.NC(=O)C=CC=Cc1ccccc1. The largest absolute Gasteiger partial charge is 0.466 e. The van der Waals surface area contributed by atoms with E-state index in [-0.39, 0.29) is 19.2 Å². The Labute approximate surface area is 165 Å². The Morgan fingerprint density at radius 1 is 1.18 bits per heavy atom. The molecular weight excluding hydrogens is 362 g/mol. The monoisotopic (exact) mass is 389 g/mol. The van der Waals surface area contributed by atoms with Crippen molar-refractivity contribution in [1.29, 1.82) is 0 Å². The van der Waals surface area contributed by atoms with E-state index in [0.717, 1.165) is 11.6 Å². The van der Waals surface area contributed by atoms with Crippen LogP contribution in [0.3, 0.4) is 0 Å². The van der Waals surface area contributed by atoms with Crippen molar-refractivity contribution in [1.82, 2.24) is 0 Å². The molecule has 1 rings (SSSR count). The average molecular weight is 389 g/mol. The van der Waals surface area contributed by atoms with Crippen LogP contribution in [0.1, 0.15) is 12.5 Å². The predicted molar refractivity (Wildman–Crippen MR) is 109 cm³/mol. The number of allylic oxidation sites excluding steroid dienone is 2. The maximum absolute atomic E-state index is 10.3. The summed E-state index contributed by atoms with van der Waals surface area (Å²) in [5.41, 5.74) is 6.44. The Morgan fingerprint density at radius 2 is 1.79 bits per heavy atom. The molecule has 1 aromatic carbocycles. The lowest BCUT2D eigenvalue weighted by molar-refractivity contribution is -0.138. The number of hydrogen-bond donors (Lipinski definition) is 2. The molecule has 28 heavy (non-hydrogen) atoms. The molecule has 0 fully saturated rings. The second-order valence-electron chi connectivity index (χ2n) is 4.90. The number of nitrogens with two attached hydrogens (primary N) is 1. The number of aliphatic hydroxyl groups is 1. The number of aliphatic hydroxyl groups excluding tert-OH is 1. The Bertz CT molecular complexity index is 677. The van der Waals surface area contributed by atoms with E-state index in [2.05, 4.69) is 22.6 Å². The maximum Gasteiger partial charge on any atom is 0.332 e. The van der Waals surface area contributed by atoms with Gasteiger partial charge in [-0.15, -0.1) is 0 Å². The molecule has 0 aliphatic carbocycles. The van der Waals surface area contributed by atoms with E-state index >= 15 is 0 Å². The summed E-state index contributed by atoms with van der Waals surface area (Å²) in [6.07, 6.45) is 7.67. The number of benzene rings is 1. The molecule has 0 aromatic heterocycles. The molecule has 0 bridgehead atoms. The second kappa shape index (κ2) is 18.3. The molecule has 1 aromatic rings. The van der Waals surface area contributed by atoms with Gasteiger partial charge in [0.05, 0.1) is 13.7 Å². The third kappa shape index (κ3) is 18.9. The van der Waals surface area contributed by atoms with Crippen LogP contribution >= 0.6 is 0 Å². The molecule has 7 heteroatoms. The first kappa shape index (κ1) is 26.8. The van der Waals surface area contributed by atoms with Gasteiger partial charge in [0.1, 0.15) is 6.61 Å². The molecule has 1 amide bonds. The highest BCUT2D eigenvalue weighted by Crippen LogP contribution is 2.00. The van der Waals surface area contributed by atoms with Crippen LogP contribution in [0.5, 0.6) is 0 Å². The molecule has 0 unspecified atom stereocenters. The Hall–Kier alpha value is -3.45. The van der Waals surface area contributed by atoms with Gasteiger partial charge in [0, 0.05) is 17.7 Å². The summed E-state index contributed by atoms with van der Waals surface area (Å²) in [6, 6.07) is 9.83. The molecule has 3 N–H and O–H groups in total. The van der Waals surface area contributed by atoms with Crippen molar-refractivity contribution < 1.29 is 29.0 Å². The molecule has 0 atom stereocenters. The number of ether oxygens (including phenoxy) is 2. The molecule has 0 heterocycles. The van der Waals surface area contributed by atoms with E-state index in [1.54, 1.807) is 19.1 Å². The minimum atomic E-state index is -0.501. The number of amides is 1. The summed E-state index contributed by atoms with van der Waals surface area (Å²) < 4.78 is 8.61. The maximum atomic E-state index is 10.3. The number of methoxy groups -OCH3 is 1. The third-order valence-corrected chi connectivity index (χ3v) is 2.50. The number of hydrogen-bond acceptors (Lipinski definition) is 6. The summed E-state index contributed by atoms with van der Waals surface area (Å²) in [7, 11) is 1.33. The van der Waals surface area contributed by atoms with Gasteiger partial charge in [0.2, 0.25) is 5.91 Å². The lowest BCUT2D eigenvalue weighted by atomic mass is 10.2. The highest BCUT2D eigenvalue weighted by molar-refractivity contribution is 5.86. The Morgan fingerprint density at radius 3 is 2.18 bits per heavy atom. The normalized spacial score (nSPS) is 9.39. The van der Waals surface area contributed by atoms with Crippen molar-refractivity contribution in [2.45, 2.75) is 6.92 Å². The van der Waals surface area contributed by atoms with Crippen molar-refractivity contribution >= 4 is 23.9 Å². The summed E-state index contributed by atoms with van der Waals surface area (Å²) >= 11 is 0. The van der Waals surface area contributed by atoms with Gasteiger partial charge in [-0.05, 0) is 12.5 Å². The molecular formula is C21H27NO6. The van der Waals surface area contributed by atoms with Crippen LogP contribution in [0, 0.1) is 0 Å². The van der Waals surface area contributed by atoms with Crippen LogP contribution in [-0.2, 0) is 23.9 Å². The van der Waals surface area contributed by atoms with E-state index in [9.17, 15) is 14.4 Å². The fourth-order valence-electron chi connectivity index (χ4n) is 1.26. The first-order chi connectivity index (χ1) is 13.3. The third-order valence-electron chi connectivity index (χ3n) is 2.50. The topological polar surface area (TPSA) is 116 Å². The van der Waals surface area contributed by atoms with E-state index in [0.29, 0.717) is 5.57 Å². The van der Waals surface area contributed by atoms with Gasteiger partial charge >= 0.3 is 11.9 Å². The molecule has 152 valence electrons. The Balaban J connectivity index is 0. The standard InChI is InChI=1S/C11H11NO.C5H8O3.C5H8O2/c12-11(13)9-5-4-8-10-6-2-1-3-7-10;1-2-5(7)8-4-3-6;1-4(2)5(6)7-3/h1-9H,(H2,12,13);2,6H,1,3-4H2;1H2,2-3H3. The second-order valence-corrected chi connectivity index (χ2v) is 4.90. The minimum Gasteiger partial charge on any atom is -0.466 e. The summed E-state index contributed by atoms with van der Waals surface area (Å²) in [5, 5.41) is 8.10. The van der Waals surface area contributed by atoms with Crippen molar-refractivity contribution in [2.75, 3.05) is 20.3 Å². The fraction of sp³-hybridized carbons (Fsp3) is 0.190. The molecule has 7 nitrogen and oxygen atoms in total. The van der Waals surface area contributed by atoms with Gasteiger partial charge in [-0.25, -0.2) is 9.59 Å². The van der Waals surface area contributed by atoms with Crippen molar-refractivity contribution in [3.63, 3.8) is 0 Å². The van der Waals surface area contributed by atoms with Gasteiger partial charge < -0.3 is 20.3 Å². The van der Waals surface area contributed by atoms with Crippen LogP contribution in [0.15, 0.2) is 73.4 Å². The van der Waals surface area contributed by atoms with E-state index in [4.69, 9.17) is 10.8 Å². The van der Waals surface area contributed by atoms with Crippen molar-refractivity contribution in [3.8, 4) is 0 Å². The van der Waals surface area contributed by atoms with Gasteiger partial charge in [-0.3, -0.25) is 4.79 Å². The number of carbonyl (C=O) groups excluding carboxylic acids is 3. The van der Waals surface area contributed by atoms with Gasteiger partial charge in [-0.2, -0.15) is 0 Å².